The van der Waals surface area contributed by atoms with Crippen molar-refractivity contribution in [3.05, 3.63) is 119 Å². The topological polar surface area (TPSA) is 68.2 Å². The molecule has 0 saturated heterocycles. The molecule has 41 heavy (non-hydrogen) atoms. The first kappa shape index (κ1) is 26.8. The van der Waals surface area contributed by atoms with E-state index in [2.05, 4.69) is 40.9 Å². The lowest BCUT2D eigenvalue weighted by Gasteiger charge is -2.37. The number of ether oxygens (including phenoxy) is 1. The summed E-state index contributed by atoms with van der Waals surface area (Å²) in [6.45, 7) is 2.80. The molecule has 7 heteroatoms. The minimum atomic E-state index is -0.254. The number of methoxy groups -OCH3 is 1. The van der Waals surface area contributed by atoms with Crippen LogP contribution >= 0.6 is 0 Å². The van der Waals surface area contributed by atoms with Crippen LogP contribution in [0.1, 0.15) is 54.6 Å². The van der Waals surface area contributed by atoms with Crippen LogP contribution in [-0.4, -0.2) is 22.9 Å². The van der Waals surface area contributed by atoms with E-state index >= 15 is 0 Å². The number of nitrogens with one attached hydrogen (secondary N) is 2. The number of fused-ring (bicyclic) bond motifs is 2. The van der Waals surface area contributed by atoms with E-state index in [4.69, 9.17) is 4.74 Å². The number of halogens is 1. The third-order valence-corrected chi connectivity index (χ3v) is 8.86. The van der Waals surface area contributed by atoms with Crippen molar-refractivity contribution in [1.29, 1.82) is 0 Å². The lowest BCUT2D eigenvalue weighted by atomic mass is 9.68. The fraction of sp³-hybridized carbons (Fsp3) is 0.294. The molecule has 2 aliphatic rings. The van der Waals surface area contributed by atoms with Gasteiger partial charge in [-0.05, 0) is 96.2 Å². The maximum absolute atomic E-state index is 13.5. The van der Waals surface area contributed by atoms with Crippen LogP contribution in [0, 0.1) is 17.2 Å². The van der Waals surface area contributed by atoms with Crippen molar-refractivity contribution in [3.63, 3.8) is 0 Å². The Morgan fingerprint density at radius 2 is 1.85 bits per heavy atom. The van der Waals surface area contributed by atoms with Crippen LogP contribution in [0.25, 0.3) is 11.8 Å². The highest BCUT2D eigenvalue weighted by Gasteiger charge is 2.46. The van der Waals surface area contributed by atoms with Crippen LogP contribution < -0.4 is 15.4 Å². The van der Waals surface area contributed by atoms with Crippen molar-refractivity contribution in [3.8, 4) is 11.4 Å². The number of hydrogen-bond acceptors (Lipinski definition) is 3. The third-order valence-electron chi connectivity index (χ3n) is 8.86. The van der Waals surface area contributed by atoms with Crippen LogP contribution in [-0.2, 0) is 13.0 Å². The molecule has 2 aliphatic carbocycles. The number of urea groups is 1. The molecule has 6 nitrogen and oxygen atoms in total. The number of carbonyl (C=O) groups is 1. The molecule has 3 unspecified atom stereocenters. The molecule has 3 aromatic carbocycles. The maximum atomic E-state index is 13.5. The number of amides is 2. The van der Waals surface area contributed by atoms with E-state index in [-0.39, 0.29) is 23.3 Å². The van der Waals surface area contributed by atoms with Gasteiger partial charge in [0.1, 0.15) is 11.6 Å². The van der Waals surface area contributed by atoms with Gasteiger partial charge in [0.25, 0.3) is 0 Å². The zero-order valence-corrected chi connectivity index (χ0v) is 23.4. The van der Waals surface area contributed by atoms with Gasteiger partial charge in [0.05, 0.1) is 30.7 Å². The van der Waals surface area contributed by atoms with E-state index in [1.54, 1.807) is 19.2 Å². The van der Waals surface area contributed by atoms with Gasteiger partial charge in [0.2, 0.25) is 0 Å². The number of hydrogen-bond donors (Lipinski definition) is 2. The molecule has 0 aliphatic heterocycles. The van der Waals surface area contributed by atoms with Gasteiger partial charge in [-0.2, -0.15) is 5.10 Å². The highest BCUT2D eigenvalue weighted by Crippen LogP contribution is 2.55. The summed E-state index contributed by atoms with van der Waals surface area (Å²) in [4.78, 5) is 13.1. The lowest BCUT2D eigenvalue weighted by Crippen LogP contribution is -2.39. The number of aromatic nitrogens is 2. The minimum Gasteiger partial charge on any atom is -0.497 e. The summed E-state index contributed by atoms with van der Waals surface area (Å²) in [7, 11) is 1.64. The summed E-state index contributed by atoms with van der Waals surface area (Å²) in [5, 5.41) is 11.0. The second-order valence-corrected chi connectivity index (χ2v) is 11.3. The molecule has 6 rings (SSSR count). The van der Waals surface area contributed by atoms with Gasteiger partial charge in [0, 0.05) is 6.54 Å². The SMILES string of the molecule is COc1ccc(CNC(=O)NC(CC2CCC3=Cc4c(cnn4-c4ccc(F)cc4)CC32C)c2ccccc2)cc1. The summed E-state index contributed by atoms with van der Waals surface area (Å²) >= 11 is 0. The Hall–Kier alpha value is -4.39. The average molecular weight is 551 g/mol. The number of carbonyl (C=O) groups excluding carboxylic acids is 1. The lowest BCUT2D eigenvalue weighted by molar-refractivity contribution is 0.216. The Balaban J connectivity index is 1.18. The molecule has 0 spiro atoms. The first-order chi connectivity index (χ1) is 19.9. The van der Waals surface area contributed by atoms with Gasteiger partial charge in [-0.15, -0.1) is 0 Å². The molecule has 1 heterocycles. The Morgan fingerprint density at radius 3 is 2.59 bits per heavy atom. The molecular weight excluding hydrogens is 515 g/mol. The maximum Gasteiger partial charge on any atom is 0.315 e. The fourth-order valence-electron chi connectivity index (χ4n) is 6.48. The summed E-state index contributed by atoms with van der Waals surface area (Å²) in [5.41, 5.74) is 6.67. The highest BCUT2D eigenvalue weighted by molar-refractivity contribution is 5.74. The molecule has 1 saturated carbocycles. The third kappa shape index (κ3) is 5.49. The van der Waals surface area contributed by atoms with Crippen molar-refractivity contribution in [2.45, 2.75) is 45.2 Å². The van der Waals surface area contributed by atoms with Gasteiger partial charge in [-0.3, -0.25) is 0 Å². The van der Waals surface area contributed by atoms with Gasteiger partial charge in [0.15, 0.2) is 0 Å². The van der Waals surface area contributed by atoms with Crippen molar-refractivity contribution in [2.75, 3.05) is 7.11 Å². The number of nitrogens with zero attached hydrogens (tertiary/aromatic N) is 2. The number of benzene rings is 3. The zero-order chi connectivity index (χ0) is 28.4. The summed E-state index contributed by atoms with van der Waals surface area (Å²) < 4.78 is 20.7. The Bertz CT molecular complexity index is 1550. The first-order valence-electron chi connectivity index (χ1n) is 14.2. The minimum absolute atomic E-state index is 0.0159. The molecule has 3 atom stereocenters. The smallest absolute Gasteiger partial charge is 0.315 e. The van der Waals surface area contributed by atoms with E-state index < -0.39 is 0 Å². The number of allylic oxidation sites excluding steroid dienone is 1. The van der Waals surface area contributed by atoms with Crippen LogP contribution in [0.3, 0.4) is 0 Å². The van der Waals surface area contributed by atoms with Crippen molar-refractivity contribution < 1.29 is 13.9 Å². The summed E-state index contributed by atoms with van der Waals surface area (Å²) in [6, 6.07) is 24.1. The largest absolute Gasteiger partial charge is 0.497 e. The van der Waals surface area contributed by atoms with Crippen molar-refractivity contribution >= 4 is 12.1 Å². The molecule has 2 N–H and O–H groups in total. The zero-order valence-electron chi connectivity index (χ0n) is 23.4. The Kier molecular flexibility index (Phi) is 7.35. The summed E-state index contributed by atoms with van der Waals surface area (Å²) in [6.07, 6.45) is 8.06. The molecule has 0 radical (unpaired) electrons. The molecule has 2 amide bonds. The second-order valence-electron chi connectivity index (χ2n) is 11.3. The normalized spacial score (nSPS) is 20.0. The average Bonchev–Trinajstić information content (AvgIpc) is 3.54. The van der Waals surface area contributed by atoms with Gasteiger partial charge < -0.3 is 15.4 Å². The molecule has 4 aromatic rings. The van der Waals surface area contributed by atoms with Crippen LogP contribution in [0.4, 0.5) is 9.18 Å². The standard InChI is InChI=1S/C34H35FN4O2/c1-34-20-25-22-37-39(29-14-12-28(35)13-15-29)32(25)19-27(34)11-10-26(34)18-31(24-6-4-3-5-7-24)38-33(40)36-21-23-8-16-30(41-2)17-9-23/h3-9,12-17,19,22,26,31H,10-11,18,20-21H2,1-2H3,(H2,36,38,40). The molecule has 0 bridgehead atoms. The van der Waals surface area contributed by atoms with E-state index in [9.17, 15) is 9.18 Å². The second kappa shape index (κ2) is 11.2. The molecule has 1 fully saturated rings. The Labute approximate surface area is 240 Å². The van der Waals surface area contributed by atoms with Crippen molar-refractivity contribution in [1.82, 2.24) is 20.4 Å². The van der Waals surface area contributed by atoms with E-state index in [1.807, 2.05) is 53.3 Å². The van der Waals surface area contributed by atoms with Crippen LogP contribution in [0.2, 0.25) is 0 Å². The predicted octanol–water partition coefficient (Wildman–Crippen LogP) is 7.01. The number of rotatable bonds is 8. The van der Waals surface area contributed by atoms with E-state index in [1.165, 1.54) is 23.3 Å². The van der Waals surface area contributed by atoms with Gasteiger partial charge in [-0.1, -0.05) is 55.0 Å². The van der Waals surface area contributed by atoms with E-state index in [0.29, 0.717) is 12.5 Å². The quantitative estimate of drug-likeness (QED) is 0.248. The predicted molar refractivity (Wildman–Crippen MR) is 158 cm³/mol. The van der Waals surface area contributed by atoms with Crippen LogP contribution in [0.15, 0.2) is 90.6 Å². The van der Waals surface area contributed by atoms with Crippen molar-refractivity contribution in [2.24, 2.45) is 11.3 Å². The van der Waals surface area contributed by atoms with Crippen LogP contribution in [0.5, 0.6) is 5.75 Å². The highest BCUT2D eigenvalue weighted by atomic mass is 19.1. The summed E-state index contributed by atoms with van der Waals surface area (Å²) in [5.74, 6) is 0.928. The monoisotopic (exact) mass is 550 g/mol. The molecule has 1 aromatic heterocycles. The molecule has 210 valence electrons. The van der Waals surface area contributed by atoms with E-state index in [0.717, 1.165) is 53.9 Å². The first-order valence-corrected chi connectivity index (χ1v) is 14.2. The van der Waals surface area contributed by atoms with Gasteiger partial charge in [-0.25, -0.2) is 13.9 Å². The molecular formula is C34H35FN4O2. The Morgan fingerprint density at radius 1 is 1.10 bits per heavy atom. The fourth-order valence-corrected chi connectivity index (χ4v) is 6.48. The van der Waals surface area contributed by atoms with Gasteiger partial charge >= 0.3 is 6.03 Å².